The fourth-order valence-corrected chi connectivity index (χ4v) is 1.02. The molecule has 0 rings (SSSR count). The van der Waals surface area contributed by atoms with Crippen LogP contribution < -0.4 is 5.73 Å². The maximum absolute atomic E-state index is 10.6. The molecule has 0 aromatic rings. The normalized spacial score (nSPS) is 12.5. The molecule has 0 aromatic carbocycles. The average Bonchev–Trinajstić information content (AvgIpc) is 1.98. The van der Waals surface area contributed by atoms with E-state index in [0.29, 0.717) is 12.2 Å². The van der Waals surface area contributed by atoms with E-state index in [1.165, 1.54) is 11.8 Å². The molecule has 0 saturated heterocycles. The van der Waals surface area contributed by atoms with Crippen LogP contribution in [0.3, 0.4) is 0 Å². The number of hydrogen-bond acceptors (Lipinski definition) is 4. The number of aliphatic carboxylic acids is 1. The molecule has 3 N–H and O–H groups in total. The van der Waals surface area contributed by atoms with Crippen molar-refractivity contribution in [3.8, 4) is 0 Å². The van der Waals surface area contributed by atoms with Gasteiger partial charge < -0.3 is 10.8 Å². The largest absolute Gasteiger partial charge is 0.475 e. The van der Waals surface area contributed by atoms with Crippen LogP contribution in [0.15, 0.2) is 0 Å². The van der Waals surface area contributed by atoms with Crippen LogP contribution in [0, 0.1) is 0 Å². The molecule has 0 radical (unpaired) electrons. The van der Waals surface area contributed by atoms with Crippen molar-refractivity contribution in [3.05, 3.63) is 0 Å². The Labute approximate surface area is 69.1 Å². The third-order valence-electron chi connectivity index (χ3n) is 1.18. The van der Waals surface area contributed by atoms with E-state index in [-0.39, 0.29) is 0 Å². The predicted octanol–water partition coefficient (Wildman–Crippen LogP) is -0.280. The molecule has 0 aliphatic heterocycles. The number of nitrogens with two attached hydrogens (primary N) is 1. The minimum absolute atomic E-state index is 0.423. The fraction of sp³-hybridized carbons (Fsp3) is 0.667. The summed E-state index contributed by atoms with van der Waals surface area (Å²) in [7, 11) is 0. The highest BCUT2D eigenvalue weighted by atomic mass is 32.2. The third kappa shape index (κ3) is 4.00. The van der Waals surface area contributed by atoms with Gasteiger partial charge in [-0.05, 0) is 18.4 Å². The van der Waals surface area contributed by atoms with Gasteiger partial charge in [-0.1, -0.05) is 0 Å². The number of thioether (sulfide) groups is 1. The summed E-state index contributed by atoms with van der Waals surface area (Å²) in [5, 5.41) is 8.22. The second-order valence-electron chi connectivity index (χ2n) is 2.06. The number of hydrogen-bond donors (Lipinski definition) is 2. The van der Waals surface area contributed by atoms with E-state index in [4.69, 9.17) is 10.8 Å². The SMILES string of the molecule is CSCC[C@H](N)C(=O)C(=O)O. The van der Waals surface area contributed by atoms with Crippen LogP contribution in [0.2, 0.25) is 0 Å². The molecule has 0 aliphatic carbocycles. The summed E-state index contributed by atoms with van der Waals surface area (Å²) >= 11 is 1.53. The maximum atomic E-state index is 10.6. The Kier molecular flexibility index (Phi) is 4.89. The molecule has 4 nitrogen and oxygen atoms in total. The molecule has 1 atom stereocenters. The van der Waals surface area contributed by atoms with Gasteiger partial charge in [0, 0.05) is 0 Å². The van der Waals surface area contributed by atoms with E-state index in [9.17, 15) is 9.59 Å². The first-order valence-corrected chi connectivity index (χ1v) is 4.50. The molecule has 0 heterocycles. The van der Waals surface area contributed by atoms with E-state index in [1.807, 2.05) is 6.26 Å². The van der Waals surface area contributed by atoms with Gasteiger partial charge in [0.05, 0.1) is 6.04 Å². The number of Topliss-reactive ketones (excluding diaryl/α,β-unsaturated/α-hetero) is 1. The third-order valence-corrected chi connectivity index (χ3v) is 1.82. The molecule has 0 unspecified atom stereocenters. The van der Waals surface area contributed by atoms with E-state index >= 15 is 0 Å². The highest BCUT2D eigenvalue weighted by Crippen LogP contribution is 1.99. The summed E-state index contributed by atoms with van der Waals surface area (Å²) in [6.07, 6.45) is 2.30. The highest BCUT2D eigenvalue weighted by Gasteiger charge is 2.19. The molecular formula is C6H11NO3S. The highest BCUT2D eigenvalue weighted by molar-refractivity contribution is 7.98. The molecule has 0 aliphatic rings. The fourth-order valence-electron chi connectivity index (χ4n) is 0.535. The second-order valence-corrected chi connectivity index (χ2v) is 3.04. The van der Waals surface area contributed by atoms with Gasteiger partial charge in [-0.25, -0.2) is 4.79 Å². The van der Waals surface area contributed by atoms with Crippen molar-refractivity contribution in [1.82, 2.24) is 0 Å². The van der Waals surface area contributed by atoms with Crippen LogP contribution in [0.25, 0.3) is 0 Å². The molecule has 11 heavy (non-hydrogen) atoms. The van der Waals surface area contributed by atoms with Gasteiger partial charge in [0.1, 0.15) is 0 Å². The van der Waals surface area contributed by atoms with Gasteiger partial charge >= 0.3 is 5.97 Å². The number of carboxylic acids is 1. The van der Waals surface area contributed by atoms with Crippen LogP contribution in [-0.4, -0.2) is 34.9 Å². The van der Waals surface area contributed by atoms with Crippen molar-refractivity contribution >= 4 is 23.5 Å². The molecule has 0 aromatic heterocycles. The van der Waals surface area contributed by atoms with Gasteiger partial charge in [-0.3, -0.25) is 4.79 Å². The summed E-state index contributed by atoms with van der Waals surface area (Å²) in [6.45, 7) is 0. The summed E-state index contributed by atoms with van der Waals surface area (Å²) in [5.74, 6) is -1.64. The van der Waals surface area contributed by atoms with E-state index in [0.717, 1.165) is 0 Å². The molecule has 5 heteroatoms. The summed E-state index contributed by atoms with van der Waals surface area (Å²) in [6, 6.07) is -0.847. The van der Waals surface area contributed by atoms with Gasteiger partial charge in [0.2, 0.25) is 0 Å². The van der Waals surface area contributed by atoms with Crippen LogP contribution >= 0.6 is 11.8 Å². The molecule has 0 bridgehead atoms. The predicted molar refractivity (Wildman–Crippen MR) is 43.6 cm³/mol. The quantitative estimate of drug-likeness (QED) is 0.564. The lowest BCUT2D eigenvalue weighted by Gasteiger charge is -2.04. The molecule has 0 amide bonds. The monoisotopic (exact) mass is 177 g/mol. The smallest absolute Gasteiger partial charge is 0.373 e. The second kappa shape index (κ2) is 5.15. The first-order valence-electron chi connectivity index (χ1n) is 3.11. The van der Waals surface area contributed by atoms with Gasteiger partial charge in [-0.2, -0.15) is 11.8 Å². The Hall–Kier alpha value is -0.550. The molecule has 0 saturated carbocycles. The van der Waals surface area contributed by atoms with E-state index in [1.54, 1.807) is 0 Å². The summed E-state index contributed by atoms with van der Waals surface area (Å²) in [5.41, 5.74) is 5.26. The first kappa shape index (κ1) is 10.4. The zero-order valence-corrected chi connectivity index (χ0v) is 7.06. The molecule has 0 spiro atoms. The lowest BCUT2D eigenvalue weighted by Crippen LogP contribution is -2.36. The zero-order chi connectivity index (χ0) is 8.85. The van der Waals surface area contributed by atoms with Crippen LogP contribution in [0.4, 0.5) is 0 Å². The summed E-state index contributed by atoms with van der Waals surface area (Å²) < 4.78 is 0. The van der Waals surface area contributed by atoms with E-state index < -0.39 is 17.8 Å². The van der Waals surface area contributed by atoms with Crippen LogP contribution in [0.1, 0.15) is 6.42 Å². The van der Waals surface area contributed by atoms with E-state index in [2.05, 4.69) is 0 Å². The Balaban J connectivity index is 3.73. The number of carbonyl (C=O) groups excluding carboxylic acids is 1. The maximum Gasteiger partial charge on any atom is 0.373 e. The number of carbonyl (C=O) groups is 2. The Morgan fingerprint density at radius 1 is 1.64 bits per heavy atom. The van der Waals surface area contributed by atoms with Crippen LogP contribution in [-0.2, 0) is 9.59 Å². The standard InChI is InChI=1S/C6H11NO3S/c1-11-3-2-4(7)5(8)6(9)10/h4H,2-3,7H2,1H3,(H,9,10)/t4-/m0/s1. The number of carboxylic acid groups (broad SMARTS) is 1. The topological polar surface area (TPSA) is 80.4 Å². The van der Waals surface area contributed by atoms with Gasteiger partial charge in [-0.15, -0.1) is 0 Å². The van der Waals surface area contributed by atoms with Crippen molar-refractivity contribution in [2.45, 2.75) is 12.5 Å². The van der Waals surface area contributed by atoms with Gasteiger partial charge in [0.25, 0.3) is 5.78 Å². The van der Waals surface area contributed by atoms with Crippen molar-refractivity contribution < 1.29 is 14.7 Å². The average molecular weight is 177 g/mol. The minimum atomic E-state index is -1.45. The van der Waals surface area contributed by atoms with Crippen LogP contribution in [0.5, 0.6) is 0 Å². The Morgan fingerprint density at radius 2 is 2.18 bits per heavy atom. The Bertz CT molecular complexity index is 160. The Morgan fingerprint density at radius 3 is 2.55 bits per heavy atom. The lowest BCUT2D eigenvalue weighted by molar-refractivity contribution is -0.149. The van der Waals surface area contributed by atoms with Crippen molar-refractivity contribution in [3.63, 3.8) is 0 Å². The molecular weight excluding hydrogens is 166 g/mol. The first-order chi connectivity index (χ1) is 5.09. The summed E-state index contributed by atoms with van der Waals surface area (Å²) in [4.78, 5) is 20.7. The van der Waals surface area contributed by atoms with Gasteiger partial charge in [0.15, 0.2) is 0 Å². The number of ketones is 1. The molecule has 64 valence electrons. The van der Waals surface area contributed by atoms with Crippen molar-refractivity contribution in [1.29, 1.82) is 0 Å². The lowest BCUT2D eigenvalue weighted by atomic mass is 10.1. The van der Waals surface area contributed by atoms with Crippen molar-refractivity contribution in [2.24, 2.45) is 5.73 Å². The zero-order valence-electron chi connectivity index (χ0n) is 6.24. The molecule has 0 fully saturated rings. The number of rotatable bonds is 5. The van der Waals surface area contributed by atoms with Crippen molar-refractivity contribution in [2.75, 3.05) is 12.0 Å². The minimum Gasteiger partial charge on any atom is -0.475 e.